The summed E-state index contributed by atoms with van der Waals surface area (Å²) in [6.45, 7) is 1.95. The Kier molecular flexibility index (Phi) is 3.77. The van der Waals surface area contributed by atoms with Crippen LogP contribution in [0.4, 0.5) is 11.5 Å². The van der Waals surface area contributed by atoms with Gasteiger partial charge in [0.25, 0.3) is 0 Å². The summed E-state index contributed by atoms with van der Waals surface area (Å²) >= 11 is 11.9. The van der Waals surface area contributed by atoms with E-state index in [0.717, 1.165) is 22.8 Å². The van der Waals surface area contributed by atoms with Gasteiger partial charge in [-0.15, -0.1) is 0 Å². The molecule has 2 heterocycles. The molecule has 0 radical (unpaired) electrons. The molecule has 5 nitrogen and oxygen atoms in total. The van der Waals surface area contributed by atoms with Crippen molar-refractivity contribution >= 4 is 34.7 Å². The van der Waals surface area contributed by atoms with E-state index in [4.69, 9.17) is 23.2 Å². The van der Waals surface area contributed by atoms with E-state index < -0.39 is 0 Å². The van der Waals surface area contributed by atoms with Crippen LogP contribution in [0.3, 0.4) is 0 Å². The smallest absolute Gasteiger partial charge is 0.224 e. The van der Waals surface area contributed by atoms with Crippen molar-refractivity contribution in [2.75, 3.05) is 5.32 Å². The Morgan fingerprint density at radius 2 is 1.90 bits per heavy atom. The monoisotopic (exact) mass is 319 g/mol. The minimum atomic E-state index is 0.133. The van der Waals surface area contributed by atoms with Crippen LogP contribution in [-0.2, 0) is 0 Å². The largest absolute Gasteiger partial charge is 0.342 e. The molecular weight excluding hydrogens is 309 g/mol. The minimum Gasteiger partial charge on any atom is -0.342 e. The molecule has 0 unspecified atom stereocenters. The summed E-state index contributed by atoms with van der Waals surface area (Å²) < 4.78 is 0. The molecule has 3 rings (SSSR count). The highest BCUT2D eigenvalue weighted by molar-refractivity contribution is 6.33. The van der Waals surface area contributed by atoms with Gasteiger partial charge in [0.1, 0.15) is 10.8 Å². The number of H-pyrrole nitrogens is 1. The first-order chi connectivity index (χ1) is 10.1. The van der Waals surface area contributed by atoms with E-state index in [-0.39, 0.29) is 5.28 Å². The summed E-state index contributed by atoms with van der Waals surface area (Å²) in [6, 6.07) is 7.72. The van der Waals surface area contributed by atoms with Gasteiger partial charge in [-0.05, 0) is 30.7 Å². The molecule has 0 fully saturated rings. The van der Waals surface area contributed by atoms with Gasteiger partial charge in [0.05, 0.1) is 11.9 Å². The fourth-order valence-corrected chi connectivity index (χ4v) is 2.18. The summed E-state index contributed by atoms with van der Waals surface area (Å²) in [5, 5.41) is 3.69. The molecule has 0 bridgehead atoms. The standard InChI is InChI=1S/C14H11Cl2N5/c1-8-6-17-12(19-8)9-4-2-3-5-11(9)20-13-10(15)7-18-14(16)21-13/h2-7H,1H3,(H,17,19)(H,18,20,21). The molecule has 0 atom stereocenters. The Hall–Kier alpha value is -2.11. The van der Waals surface area contributed by atoms with Crippen LogP contribution in [0.15, 0.2) is 36.7 Å². The summed E-state index contributed by atoms with van der Waals surface area (Å²) in [6.07, 6.45) is 3.24. The van der Waals surface area contributed by atoms with Crippen LogP contribution in [0.25, 0.3) is 11.4 Å². The molecule has 0 aliphatic heterocycles. The van der Waals surface area contributed by atoms with Gasteiger partial charge in [0.15, 0.2) is 5.82 Å². The van der Waals surface area contributed by atoms with Crippen molar-refractivity contribution in [3.05, 3.63) is 52.7 Å². The predicted octanol–water partition coefficient (Wildman–Crippen LogP) is 4.23. The number of aryl methyl sites for hydroxylation is 1. The average Bonchev–Trinajstić information content (AvgIpc) is 2.90. The number of benzene rings is 1. The lowest BCUT2D eigenvalue weighted by molar-refractivity contribution is 1.17. The van der Waals surface area contributed by atoms with E-state index in [1.54, 1.807) is 6.20 Å². The van der Waals surface area contributed by atoms with Crippen molar-refractivity contribution in [2.45, 2.75) is 6.92 Å². The Bertz CT molecular complexity index is 785. The second kappa shape index (κ2) is 5.71. The lowest BCUT2D eigenvalue weighted by Gasteiger charge is -2.11. The SMILES string of the molecule is Cc1cnc(-c2ccccc2Nc2nc(Cl)ncc2Cl)[nH]1. The zero-order chi connectivity index (χ0) is 14.8. The number of anilines is 2. The molecule has 7 heteroatoms. The van der Waals surface area contributed by atoms with Gasteiger partial charge in [0, 0.05) is 17.5 Å². The molecule has 3 aromatic rings. The maximum absolute atomic E-state index is 6.08. The van der Waals surface area contributed by atoms with Gasteiger partial charge >= 0.3 is 0 Å². The second-order valence-electron chi connectivity index (χ2n) is 4.42. The fourth-order valence-electron chi connectivity index (χ4n) is 1.91. The molecule has 106 valence electrons. The number of aromatic amines is 1. The Morgan fingerprint density at radius 3 is 2.67 bits per heavy atom. The van der Waals surface area contributed by atoms with E-state index in [2.05, 4.69) is 25.3 Å². The highest BCUT2D eigenvalue weighted by atomic mass is 35.5. The third kappa shape index (κ3) is 2.99. The number of rotatable bonds is 3. The van der Waals surface area contributed by atoms with Gasteiger partial charge < -0.3 is 10.3 Å². The molecule has 1 aromatic carbocycles. The van der Waals surface area contributed by atoms with Crippen LogP contribution in [0.5, 0.6) is 0 Å². The lowest BCUT2D eigenvalue weighted by Crippen LogP contribution is -1.98. The normalized spacial score (nSPS) is 10.6. The van der Waals surface area contributed by atoms with Crippen molar-refractivity contribution in [1.29, 1.82) is 0 Å². The molecule has 0 saturated heterocycles. The van der Waals surface area contributed by atoms with E-state index in [1.807, 2.05) is 31.2 Å². The van der Waals surface area contributed by atoms with Crippen molar-refractivity contribution in [1.82, 2.24) is 19.9 Å². The molecule has 2 aromatic heterocycles. The molecule has 0 saturated carbocycles. The van der Waals surface area contributed by atoms with E-state index in [0.29, 0.717) is 10.8 Å². The molecule has 0 aliphatic carbocycles. The number of halogens is 2. The maximum Gasteiger partial charge on any atom is 0.224 e. The predicted molar refractivity (Wildman–Crippen MR) is 84.1 cm³/mol. The van der Waals surface area contributed by atoms with Gasteiger partial charge in [-0.3, -0.25) is 0 Å². The zero-order valence-electron chi connectivity index (χ0n) is 11.1. The van der Waals surface area contributed by atoms with E-state index in [1.165, 1.54) is 6.20 Å². The number of aromatic nitrogens is 4. The average molecular weight is 320 g/mol. The maximum atomic E-state index is 6.08. The van der Waals surface area contributed by atoms with Crippen LogP contribution in [-0.4, -0.2) is 19.9 Å². The third-order valence-corrected chi connectivity index (χ3v) is 3.31. The number of para-hydroxylation sites is 1. The topological polar surface area (TPSA) is 66.5 Å². The van der Waals surface area contributed by atoms with Crippen molar-refractivity contribution < 1.29 is 0 Å². The first kappa shape index (κ1) is 13.9. The van der Waals surface area contributed by atoms with Crippen molar-refractivity contribution in [3.63, 3.8) is 0 Å². The van der Waals surface area contributed by atoms with E-state index in [9.17, 15) is 0 Å². The summed E-state index contributed by atoms with van der Waals surface area (Å²) in [4.78, 5) is 15.5. The Balaban J connectivity index is 2.01. The molecule has 21 heavy (non-hydrogen) atoms. The summed E-state index contributed by atoms with van der Waals surface area (Å²) in [7, 11) is 0. The molecule has 0 amide bonds. The molecule has 0 aliphatic rings. The number of nitrogens with one attached hydrogen (secondary N) is 2. The van der Waals surface area contributed by atoms with Gasteiger partial charge in [-0.2, -0.15) is 4.98 Å². The first-order valence-electron chi connectivity index (χ1n) is 6.19. The summed E-state index contributed by atoms with van der Waals surface area (Å²) in [5.74, 6) is 1.22. The minimum absolute atomic E-state index is 0.133. The number of nitrogens with zero attached hydrogens (tertiary/aromatic N) is 3. The van der Waals surface area contributed by atoms with Crippen LogP contribution in [0, 0.1) is 6.92 Å². The highest BCUT2D eigenvalue weighted by Gasteiger charge is 2.10. The lowest BCUT2D eigenvalue weighted by atomic mass is 10.1. The Morgan fingerprint density at radius 1 is 1.10 bits per heavy atom. The van der Waals surface area contributed by atoms with Crippen LogP contribution >= 0.6 is 23.2 Å². The number of hydrogen-bond donors (Lipinski definition) is 2. The second-order valence-corrected chi connectivity index (χ2v) is 5.17. The Labute approximate surface area is 131 Å². The fraction of sp³-hybridized carbons (Fsp3) is 0.0714. The molecule has 2 N–H and O–H groups in total. The van der Waals surface area contributed by atoms with Gasteiger partial charge in [-0.1, -0.05) is 23.7 Å². The zero-order valence-corrected chi connectivity index (χ0v) is 12.6. The van der Waals surface area contributed by atoms with Gasteiger partial charge in [-0.25, -0.2) is 9.97 Å². The number of imidazole rings is 1. The highest BCUT2D eigenvalue weighted by Crippen LogP contribution is 2.30. The molecule has 0 spiro atoms. The first-order valence-corrected chi connectivity index (χ1v) is 6.95. The summed E-state index contributed by atoms with van der Waals surface area (Å²) in [5.41, 5.74) is 2.72. The van der Waals surface area contributed by atoms with Crippen LogP contribution in [0.2, 0.25) is 10.3 Å². The van der Waals surface area contributed by atoms with Gasteiger partial charge in [0.2, 0.25) is 5.28 Å². The third-order valence-electron chi connectivity index (χ3n) is 2.85. The molecular formula is C14H11Cl2N5. The van der Waals surface area contributed by atoms with Crippen molar-refractivity contribution in [2.24, 2.45) is 0 Å². The van der Waals surface area contributed by atoms with Crippen LogP contribution in [0.1, 0.15) is 5.69 Å². The van der Waals surface area contributed by atoms with Crippen LogP contribution < -0.4 is 5.32 Å². The quantitative estimate of drug-likeness (QED) is 0.709. The number of hydrogen-bond acceptors (Lipinski definition) is 4. The van der Waals surface area contributed by atoms with E-state index >= 15 is 0 Å². The van der Waals surface area contributed by atoms with Crippen molar-refractivity contribution in [3.8, 4) is 11.4 Å².